The molecule has 0 unspecified atom stereocenters. The third-order valence-electron chi connectivity index (χ3n) is 4.24. The summed E-state index contributed by atoms with van der Waals surface area (Å²) in [5.74, 6) is 0.272. The van der Waals surface area contributed by atoms with Crippen LogP contribution in [0.25, 0.3) is 5.69 Å². The predicted molar refractivity (Wildman–Crippen MR) is 114 cm³/mol. The summed E-state index contributed by atoms with van der Waals surface area (Å²) in [5.41, 5.74) is 1.62. The third-order valence-corrected chi connectivity index (χ3v) is 5.61. The lowest BCUT2D eigenvalue weighted by molar-refractivity contribution is 0.0954. The highest BCUT2D eigenvalue weighted by Gasteiger charge is 2.14. The number of hydrogen-bond donors (Lipinski definition) is 2. The van der Waals surface area contributed by atoms with Crippen LogP contribution in [0.1, 0.15) is 29.5 Å². The van der Waals surface area contributed by atoms with E-state index in [-0.39, 0.29) is 17.3 Å². The number of benzene rings is 2. The number of amides is 1. The maximum Gasteiger partial charge on any atom is 0.253 e. The minimum absolute atomic E-state index is 0.202. The molecular weight excluding hydrogens is 428 g/mol. The van der Waals surface area contributed by atoms with Gasteiger partial charge in [0, 0.05) is 23.5 Å². The van der Waals surface area contributed by atoms with Crippen LogP contribution in [0.3, 0.4) is 0 Å². The molecule has 0 atom stereocenters. The maximum absolute atomic E-state index is 12.4. The smallest absolute Gasteiger partial charge is 0.253 e. The zero-order valence-corrected chi connectivity index (χ0v) is 18.0. The molecule has 0 radical (unpaired) electrons. The van der Waals surface area contributed by atoms with Gasteiger partial charge < -0.3 is 10.6 Å². The predicted octanol–water partition coefficient (Wildman–Crippen LogP) is 2.47. The van der Waals surface area contributed by atoms with Crippen LogP contribution < -0.4 is 10.6 Å². The van der Waals surface area contributed by atoms with Gasteiger partial charge in [-0.05, 0) is 59.3 Å². The fourth-order valence-corrected chi connectivity index (χ4v) is 3.52. The van der Waals surface area contributed by atoms with Crippen molar-refractivity contribution in [2.75, 3.05) is 18.1 Å². The van der Waals surface area contributed by atoms with E-state index in [1.807, 2.05) is 6.92 Å². The Morgan fingerprint density at radius 3 is 2.57 bits per heavy atom. The number of halogens is 1. The van der Waals surface area contributed by atoms with Gasteiger partial charge in [0.05, 0.1) is 22.7 Å². The molecule has 0 bridgehead atoms. The van der Waals surface area contributed by atoms with Crippen LogP contribution in [-0.4, -0.2) is 47.3 Å². The van der Waals surface area contributed by atoms with Crippen LogP contribution in [0.15, 0.2) is 47.4 Å². The van der Waals surface area contributed by atoms with Crippen molar-refractivity contribution in [1.29, 1.82) is 0 Å². The van der Waals surface area contributed by atoms with Gasteiger partial charge in [-0.3, -0.25) is 4.79 Å². The van der Waals surface area contributed by atoms with Crippen LogP contribution >= 0.6 is 11.6 Å². The first kappa shape index (κ1) is 21.7. The number of rotatable bonds is 8. The monoisotopic (exact) mass is 448 g/mol. The second-order valence-electron chi connectivity index (χ2n) is 6.57. The standard InChI is InChI=1S/C19H21ClN6O3S/c1-3-10-21-19(27)16-9-4-13(20)11-17(16)22-12-18-23-24-25-26(18)14-5-7-15(8-6-14)30(2,28)29/h4-9,11,22H,3,10,12H2,1-2H3,(H,21,27). The lowest BCUT2D eigenvalue weighted by atomic mass is 10.1. The Bertz CT molecular complexity index is 1150. The summed E-state index contributed by atoms with van der Waals surface area (Å²) >= 11 is 6.10. The van der Waals surface area contributed by atoms with E-state index in [1.54, 1.807) is 30.3 Å². The molecule has 2 aromatic carbocycles. The van der Waals surface area contributed by atoms with Crippen molar-refractivity contribution in [1.82, 2.24) is 25.5 Å². The quantitative estimate of drug-likeness (QED) is 0.543. The number of nitrogens with zero attached hydrogens (tertiary/aromatic N) is 4. The molecule has 158 valence electrons. The minimum Gasteiger partial charge on any atom is -0.377 e. The molecule has 0 aliphatic heterocycles. The highest BCUT2D eigenvalue weighted by Crippen LogP contribution is 2.22. The summed E-state index contributed by atoms with van der Waals surface area (Å²) in [6.45, 7) is 2.77. The summed E-state index contributed by atoms with van der Waals surface area (Å²) in [7, 11) is -3.29. The topological polar surface area (TPSA) is 119 Å². The Kier molecular flexibility index (Phi) is 6.68. The van der Waals surface area contributed by atoms with Crippen molar-refractivity contribution < 1.29 is 13.2 Å². The first-order valence-electron chi connectivity index (χ1n) is 9.19. The number of hydrogen-bond acceptors (Lipinski definition) is 7. The van der Waals surface area contributed by atoms with Crippen molar-refractivity contribution >= 4 is 33.0 Å². The fourth-order valence-electron chi connectivity index (χ4n) is 2.72. The number of carbonyl (C=O) groups excluding carboxylic acids is 1. The molecule has 1 amide bonds. The fraction of sp³-hybridized carbons (Fsp3) is 0.263. The van der Waals surface area contributed by atoms with Gasteiger partial charge in [-0.2, -0.15) is 4.68 Å². The number of sulfone groups is 1. The summed E-state index contributed by atoms with van der Waals surface area (Å²) in [4.78, 5) is 12.6. The zero-order valence-electron chi connectivity index (χ0n) is 16.5. The average molecular weight is 449 g/mol. The zero-order chi connectivity index (χ0) is 21.7. The first-order valence-corrected chi connectivity index (χ1v) is 11.5. The molecule has 0 saturated carbocycles. The van der Waals surface area contributed by atoms with Gasteiger partial charge >= 0.3 is 0 Å². The van der Waals surface area contributed by atoms with Crippen LogP contribution in [0.5, 0.6) is 0 Å². The maximum atomic E-state index is 12.4. The second-order valence-corrected chi connectivity index (χ2v) is 9.02. The minimum atomic E-state index is -3.29. The molecule has 0 saturated heterocycles. The van der Waals surface area contributed by atoms with Crippen molar-refractivity contribution in [2.45, 2.75) is 24.8 Å². The van der Waals surface area contributed by atoms with E-state index in [1.165, 1.54) is 16.8 Å². The van der Waals surface area contributed by atoms with Crippen molar-refractivity contribution in [3.8, 4) is 5.69 Å². The van der Waals surface area contributed by atoms with Gasteiger partial charge in [0.25, 0.3) is 5.91 Å². The summed E-state index contributed by atoms with van der Waals surface area (Å²) in [6.07, 6.45) is 1.97. The second kappa shape index (κ2) is 9.23. The molecule has 11 heteroatoms. The highest BCUT2D eigenvalue weighted by atomic mass is 35.5. The molecule has 2 N–H and O–H groups in total. The lowest BCUT2D eigenvalue weighted by Crippen LogP contribution is -2.25. The number of aromatic nitrogens is 4. The highest BCUT2D eigenvalue weighted by molar-refractivity contribution is 7.90. The molecular formula is C19H21ClN6O3S. The van der Waals surface area contributed by atoms with Crippen LogP contribution in [0.4, 0.5) is 5.69 Å². The van der Waals surface area contributed by atoms with Gasteiger partial charge in [0.15, 0.2) is 15.7 Å². The number of carbonyl (C=O) groups is 1. The van der Waals surface area contributed by atoms with Gasteiger partial charge in [0.1, 0.15) is 0 Å². The molecule has 1 aromatic heterocycles. The molecule has 9 nitrogen and oxygen atoms in total. The summed E-state index contributed by atoms with van der Waals surface area (Å²) in [6, 6.07) is 11.2. The van der Waals surface area contributed by atoms with E-state index in [0.29, 0.717) is 34.3 Å². The van der Waals surface area contributed by atoms with E-state index in [9.17, 15) is 13.2 Å². The Balaban J connectivity index is 1.81. The van der Waals surface area contributed by atoms with Crippen molar-refractivity contribution in [3.05, 3.63) is 58.9 Å². The van der Waals surface area contributed by atoms with E-state index in [0.717, 1.165) is 12.7 Å². The van der Waals surface area contributed by atoms with Crippen LogP contribution in [0, 0.1) is 0 Å². The molecule has 30 heavy (non-hydrogen) atoms. The van der Waals surface area contributed by atoms with E-state index in [4.69, 9.17) is 11.6 Å². The normalized spacial score (nSPS) is 11.3. The van der Waals surface area contributed by atoms with E-state index in [2.05, 4.69) is 26.2 Å². The molecule has 3 rings (SSSR count). The van der Waals surface area contributed by atoms with Crippen LogP contribution in [-0.2, 0) is 16.4 Å². The molecule has 3 aromatic rings. The molecule has 0 spiro atoms. The summed E-state index contributed by atoms with van der Waals surface area (Å²) < 4.78 is 24.8. The molecule has 0 aliphatic rings. The summed E-state index contributed by atoms with van der Waals surface area (Å²) in [5, 5.41) is 18.2. The van der Waals surface area contributed by atoms with Crippen molar-refractivity contribution in [3.63, 3.8) is 0 Å². The first-order chi connectivity index (χ1) is 14.3. The number of nitrogens with one attached hydrogen (secondary N) is 2. The van der Waals surface area contributed by atoms with Gasteiger partial charge in [0.2, 0.25) is 0 Å². The molecule has 1 heterocycles. The third kappa shape index (κ3) is 5.14. The van der Waals surface area contributed by atoms with E-state index >= 15 is 0 Å². The lowest BCUT2D eigenvalue weighted by Gasteiger charge is -2.13. The Morgan fingerprint density at radius 2 is 1.90 bits per heavy atom. The van der Waals surface area contributed by atoms with E-state index < -0.39 is 9.84 Å². The van der Waals surface area contributed by atoms with Gasteiger partial charge in [-0.15, -0.1) is 5.10 Å². The number of anilines is 1. The Morgan fingerprint density at radius 1 is 1.17 bits per heavy atom. The Labute approximate surface area is 179 Å². The average Bonchev–Trinajstić information content (AvgIpc) is 3.18. The Hall–Kier alpha value is -2.98. The van der Waals surface area contributed by atoms with Crippen molar-refractivity contribution in [2.24, 2.45) is 0 Å². The largest absolute Gasteiger partial charge is 0.377 e. The molecule has 0 aliphatic carbocycles. The van der Waals surface area contributed by atoms with Gasteiger partial charge in [-0.1, -0.05) is 18.5 Å². The SMILES string of the molecule is CCCNC(=O)c1ccc(Cl)cc1NCc1nnnn1-c1ccc(S(C)(=O)=O)cc1. The van der Waals surface area contributed by atoms with Gasteiger partial charge in [-0.25, -0.2) is 8.42 Å². The molecule has 0 fully saturated rings. The number of tetrazole rings is 1. The van der Waals surface area contributed by atoms with Crippen LogP contribution in [0.2, 0.25) is 5.02 Å².